The normalized spacial score (nSPS) is 12.0. The standard InChI is InChI=1S/C18H15ClN4O/c19-15(10-14-6-2-1-3-7-14)11-21-22-18(24)12-23-13-20-16-8-4-5-9-17(16)23/h1-11,13H,12H2,(H,22,24)/b15-10-,21-11+. The van der Waals surface area contributed by atoms with Crippen LogP contribution in [0.15, 0.2) is 71.1 Å². The van der Waals surface area contributed by atoms with Gasteiger partial charge in [-0.15, -0.1) is 0 Å². The number of carbonyl (C=O) groups is 1. The molecule has 6 heteroatoms. The number of para-hydroxylation sites is 2. The highest BCUT2D eigenvalue weighted by atomic mass is 35.5. The number of fused-ring (bicyclic) bond motifs is 1. The first kappa shape index (κ1) is 16.0. The van der Waals surface area contributed by atoms with Gasteiger partial charge in [0, 0.05) is 0 Å². The molecule has 0 fully saturated rings. The summed E-state index contributed by atoms with van der Waals surface area (Å²) in [5.74, 6) is -0.251. The van der Waals surface area contributed by atoms with E-state index in [9.17, 15) is 4.79 Å². The maximum atomic E-state index is 12.0. The van der Waals surface area contributed by atoms with Crippen LogP contribution in [0.1, 0.15) is 5.56 Å². The zero-order valence-electron chi connectivity index (χ0n) is 12.8. The number of nitrogens with zero attached hydrogens (tertiary/aromatic N) is 3. The molecule has 0 unspecified atom stereocenters. The van der Waals surface area contributed by atoms with Crippen molar-refractivity contribution in [3.63, 3.8) is 0 Å². The Bertz CT molecular complexity index is 900. The average molecular weight is 339 g/mol. The van der Waals surface area contributed by atoms with Crippen LogP contribution in [0, 0.1) is 0 Å². The van der Waals surface area contributed by atoms with Gasteiger partial charge in [0.2, 0.25) is 0 Å². The first-order chi connectivity index (χ1) is 11.7. The molecule has 1 N–H and O–H groups in total. The van der Waals surface area contributed by atoms with E-state index in [-0.39, 0.29) is 12.5 Å². The Kier molecular flexibility index (Phi) is 5.03. The molecular weight excluding hydrogens is 324 g/mol. The number of amides is 1. The van der Waals surface area contributed by atoms with Crippen LogP contribution in [-0.4, -0.2) is 21.7 Å². The molecule has 0 bridgehead atoms. The quantitative estimate of drug-likeness (QED) is 0.572. The molecule has 5 nitrogen and oxygen atoms in total. The van der Waals surface area contributed by atoms with Crippen LogP contribution in [0.4, 0.5) is 0 Å². The third-order valence-electron chi connectivity index (χ3n) is 3.32. The van der Waals surface area contributed by atoms with Crippen molar-refractivity contribution in [1.82, 2.24) is 15.0 Å². The second kappa shape index (κ2) is 7.57. The molecule has 1 heterocycles. The first-order valence-electron chi connectivity index (χ1n) is 7.36. The van der Waals surface area contributed by atoms with Gasteiger partial charge in [0.1, 0.15) is 6.54 Å². The minimum Gasteiger partial charge on any atom is -0.321 e. The van der Waals surface area contributed by atoms with Crippen molar-refractivity contribution in [3.05, 3.63) is 71.5 Å². The monoisotopic (exact) mass is 338 g/mol. The van der Waals surface area contributed by atoms with Crippen molar-refractivity contribution in [2.75, 3.05) is 0 Å². The Morgan fingerprint density at radius 3 is 2.75 bits per heavy atom. The fraction of sp³-hybridized carbons (Fsp3) is 0.0556. The average Bonchev–Trinajstić information content (AvgIpc) is 2.99. The lowest BCUT2D eigenvalue weighted by Crippen LogP contribution is -2.22. The van der Waals surface area contributed by atoms with Crippen molar-refractivity contribution in [1.29, 1.82) is 0 Å². The van der Waals surface area contributed by atoms with E-state index in [4.69, 9.17) is 11.6 Å². The van der Waals surface area contributed by atoms with Gasteiger partial charge >= 0.3 is 0 Å². The van der Waals surface area contributed by atoms with E-state index in [0.29, 0.717) is 5.03 Å². The van der Waals surface area contributed by atoms with Gasteiger partial charge in [-0.2, -0.15) is 5.10 Å². The lowest BCUT2D eigenvalue weighted by molar-refractivity contribution is -0.121. The molecule has 0 aliphatic heterocycles. The zero-order chi connectivity index (χ0) is 16.8. The molecule has 3 aromatic rings. The summed E-state index contributed by atoms with van der Waals surface area (Å²) in [4.78, 5) is 16.2. The molecule has 1 amide bonds. The summed E-state index contributed by atoms with van der Waals surface area (Å²) in [7, 11) is 0. The molecule has 0 aliphatic carbocycles. The maximum absolute atomic E-state index is 12.0. The number of aromatic nitrogens is 2. The zero-order valence-corrected chi connectivity index (χ0v) is 13.5. The molecule has 0 spiro atoms. The number of rotatable bonds is 5. The van der Waals surface area contributed by atoms with Gasteiger partial charge in [-0.25, -0.2) is 10.4 Å². The van der Waals surface area contributed by atoms with E-state index in [0.717, 1.165) is 16.6 Å². The minimum absolute atomic E-state index is 0.137. The molecule has 0 radical (unpaired) electrons. The summed E-state index contributed by atoms with van der Waals surface area (Å²) in [6.45, 7) is 0.137. The number of halogens is 1. The fourth-order valence-electron chi connectivity index (χ4n) is 2.24. The number of allylic oxidation sites excluding steroid dienone is 1. The molecule has 0 aliphatic rings. The highest BCUT2D eigenvalue weighted by molar-refractivity contribution is 6.41. The maximum Gasteiger partial charge on any atom is 0.260 e. The van der Waals surface area contributed by atoms with Crippen LogP contribution in [0.3, 0.4) is 0 Å². The van der Waals surface area contributed by atoms with E-state index in [1.807, 2.05) is 54.6 Å². The minimum atomic E-state index is -0.251. The number of hydrogen-bond acceptors (Lipinski definition) is 3. The van der Waals surface area contributed by atoms with Crippen molar-refractivity contribution >= 4 is 40.8 Å². The predicted molar refractivity (Wildman–Crippen MR) is 96.6 cm³/mol. The molecule has 2 aromatic carbocycles. The number of hydrogen-bond donors (Lipinski definition) is 1. The van der Waals surface area contributed by atoms with Crippen LogP contribution in [0.25, 0.3) is 17.1 Å². The van der Waals surface area contributed by atoms with E-state index >= 15 is 0 Å². The summed E-state index contributed by atoms with van der Waals surface area (Å²) in [5.41, 5.74) is 5.17. The number of carbonyl (C=O) groups excluding carboxylic acids is 1. The Morgan fingerprint density at radius 1 is 1.17 bits per heavy atom. The van der Waals surface area contributed by atoms with Crippen molar-refractivity contribution in [2.45, 2.75) is 6.54 Å². The Labute approximate surface area is 144 Å². The first-order valence-corrected chi connectivity index (χ1v) is 7.74. The van der Waals surface area contributed by atoms with Gasteiger partial charge in [0.05, 0.1) is 28.6 Å². The van der Waals surface area contributed by atoms with E-state index in [1.165, 1.54) is 6.21 Å². The van der Waals surface area contributed by atoms with Crippen LogP contribution >= 0.6 is 11.6 Å². The summed E-state index contributed by atoms with van der Waals surface area (Å²) >= 11 is 6.06. The van der Waals surface area contributed by atoms with E-state index in [1.54, 1.807) is 17.0 Å². The fourth-order valence-corrected chi connectivity index (χ4v) is 2.41. The molecule has 0 atom stereocenters. The van der Waals surface area contributed by atoms with Crippen molar-refractivity contribution < 1.29 is 4.79 Å². The van der Waals surface area contributed by atoms with Gasteiger partial charge in [0.15, 0.2) is 0 Å². The van der Waals surface area contributed by atoms with Crippen LogP contribution in [0.2, 0.25) is 0 Å². The van der Waals surface area contributed by atoms with Gasteiger partial charge in [-0.3, -0.25) is 4.79 Å². The molecule has 0 saturated heterocycles. The van der Waals surface area contributed by atoms with Gasteiger partial charge in [-0.1, -0.05) is 54.1 Å². The lowest BCUT2D eigenvalue weighted by atomic mass is 10.2. The van der Waals surface area contributed by atoms with Crippen molar-refractivity contribution in [2.24, 2.45) is 5.10 Å². The summed E-state index contributed by atoms with van der Waals surface area (Å²) < 4.78 is 1.77. The summed E-state index contributed by atoms with van der Waals surface area (Å²) in [5, 5.41) is 4.29. The lowest BCUT2D eigenvalue weighted by Gasteiger charge is -2.02. The van der Waals surface area contributed by atoms with E-state index < -0.39 is 0 Å². The number of hydrazone groups is 1. The number of benzene rings is 2. The second-order valence-electron chi connectivity index (χ2n) is 5.09. The summed E-state index contributed by atoms with van der Waals surface area (Å²) in [6.07, 6.45) is 4.80. The number of nitrogens with one attached hydrogen (secondary N) is 1. The third-order valence-corrected chi connectivity index (χ3v) is 3.53. The highest BCUT2D eigenvalue weighted by Gasteiger charge is 2.05. The van der Waals surface area contributed by atoms with Crippen LogP contribution in [0.5, 0.6) is 0 Å². The smallest absolute Gasteiger partial charge is 0.260 e. The molecule has 1 aromatic heterocycles. The molecule has 0 saturated carbocycles. The Balaban J connectivity index is 1.58. The van der Waals surface area contributed by atoms with Crippen molar-refractivity contribution in [3.8, 4) is 0 Å². The Morgan fingerprint density at radius 2 is 1.92 bits per heavy atom. The van der Waals surface area contributed by atoms with Crippen LogP contribution < -0.4 is 5.43 Å². The Hall–Kier alpha value is -2.92. The second-order valence-corrected chi connectivity index (χ2v) is 5.53. The van der Waals surface area contributed by atoms with Crippen LogP contribution in [-0.2, 0) is 11.3 Å². The van der Waals surface area contributed by atoms with E-state index in [2.05, 4.69) is 15.5 Å². The molecular formula is C18H15ClN4O. The number of imidazole rings is 1. The van der Waals surface area contributed by atoms with Gasteiger partial charge < -0.3 is 4.57 Å². The van der Waals surface area contributed by atoms with Gasteiger partial charge in [0.25, 0.3) is 5.91 Å². The third kappa shape index (κ3) is 4.08. The predicted octanol–water partition coefficient (Wildman–Crippen LogP) is 3.42. The SMILES string of the molecule is O=C(Cn1cnc2ccccc21)N/N=C/C(Cl)=C/c1ccccc1. The topological polar surface area (TPSA) is 59.3 Å². The molecule has 24 heavy (non-hydrogen) atoms. The van der Waals surface area contributed by atoms with Gasteiger partial charge in [-0.05, 0) is 23.8 Å². The highest BCUT2D eigenvalue weighted by Crippen LogP contribution is 2.11. The molecule has 120 valence electrons. The largest absolute Gasteiger partial charge is 0.321 e. The molecule has 3 rings (SSSR count). The summed E-state index contributed by atoms with van der Waals surface area (Å²) in [6, 6.07) is 17.3.